The number of para-hydroxylation sites is 1. The van der Waals surface area contributed by atoms with Crippen LogP contribution in [0.15, 0.2) is 42.7 Å². The van der Waals surface area contributed by atoms with Crippen LogP contribution in [-0.4, -0.2) is 14.5 Å². The van der Waals surface area contributed by atoms with Gasteiger partial charge in [-0.05, 0) is 42.7 Å². The zero-order valence-corrected chi connectivity index (χ0v) is 15.5. The van der Waals surface area contributed by atoms with E-state index >= 15 is 0 Å². The van der Waals surface area contributed by atoms with Gasteiger partial charge in [-0.3, -0.25) is 4.57 Å². The molecule has 0 amide bonds. The zero-order valence-electron chi connectivity index (χ0n) is 15.5. The maximum atomic E-state index is 4.99. The monoisotopic (exact) mass is 341 g/mol. The molecule has 2 aromatic heterocycles. The number of imidazole rings is 1. The lowest BCUT2D eigenvalue weighted by atomic mass is 9.98. The SMILES string of the molecule is Cc1cc(-c2cc3c(nc4n3-c3ccccc3C4)c(C)c2C)[n+](C)cn1. The van der Waals surface area contributed by atoms with Crippen LogP contribution in [-0.2, 0) is 13.5 Å². The minimum Gasteiger partial charge on any atom is -0.296 e. The van der Waals surface area contributed by atoms with Gasteiger partial charge in [-0.15, -0.1) is 0 Å². The number of aryl methyl sites for hydroxylation is 3. The van der Waals surface area contributed by atoms with E-state index in [0.717, 1.165) is 23.5 Å². The third-order valence-corrected chi connectivity index (χ3v) is 5.60. The maximum absolute atomic E-state index is 4.99. The fraction of sp³-hybridized carbons (Fsp3) is 0.227. The summed E-state index contributed by atoms with van der Waals surface area (Å²) >= 11 is 0. The molecular formula is C22H21N4+. The van der Waals surface area contributed by atoms with Crippen molar-refractivity contribution in [3.8, 4) is 16.9 Å². The van der Waals surface area contributed by atoms with Gasteiger partial charge in [0.1, 0.15) is 11.5 Å². The van der Waals surface area contributed by atoms with Crippen molar-refractivity contribution < 1.29 is 4.57 Å². The highest BCUT2D eigenvalue weighted by molar-refractivity contribution is 5.89. The number of benzene rings is 2. The molecule has 0 saturated carbocycles. The zero-order chi connectivity index (χ0) is 18.0. The highest BCUT2D eigenvalue weighted by atomic mass is 15.1. The number of hydrogen-bond acceptors (Lipinski definition) is 2. The molecule has 0 spiro atoms. The Morgan fingerprint density at radius 3 is 2.69 bits per heavy atom. The lowest BCUT2D eigenvalue weighted by molar-refractivity contribution is -0.663. The molecule has 0 N–H and O–H groups in total. The van der Waals surface area contributed by atoms with Crippen molar-refractivity contribution in [1.82, 2.24) is 14.5 Å². The van der Waals surface area contributed by atoms with Gasteiger partial charge in [0.25, 0.3) is 6.33 Å². The van der Waals surface area contributed by atoms with Gasteiger partial charge >= 0.3 is 0 Å². The van der Waals surface area contributed by atoms with Crippen LogP contribution >= 0.6 is 0 Å². The highest BCUT2D eigenvalue weighted by Gasteiger charge is 2.25. The van der Waals surface area contributed by atoms with Gasteiger partial charge in [0, 0.05) is 25.0 Å². The molecular weight excluding hydrogens is 320 g/mol. The Hall–Kier alpha value is -3.01. The molecule has 0 atom stereocenters. The number of rotatable bonds is 1. The molecule has 4 heteroatoms. The first-order chi connectivity index (χ1) is 12.5. The van der Waals surface area contributed by atoms with Crippen LogP contribution in [0.25, 0.3) is 28.0 Å². The van der Waals surface area contributed by atoms with Crippen molar-refractivity contribution in [2.75, 3.05) is 0 Å². The standard InChI is InChI=1S/C22H21N4/c1-13-9-19(25(4)12-23-13)17-11-20-22(15(3)14(17)2)24-21-10-16-7-5-6-8-18(16)26(20)21/h5-9,11-12H,10H2,1-4H3/q+1. The molecule has 4 nitrogen and oxygen atoms in total. The predicted octanol–water partition coefficient (Wildman–Crippen LogP) is 3.74. The number of hydrogen-bond donors (Lipinski definition) is 0. The summed E-state index contributed by atoms with van der Waals surface area (Å²) in [7, 11) is 2.05. The van der Waals surface area contributed by atoms with Gasteiger partial charge < -0.3 is 0 Å². The summed E-state index contributed by atoms with van der Waals surface area (Å²) in [5, 5.41) is 0. The average Bonchev–Trinajstić information content (AvgIpc) is 3.16. The minimum atomic E-state index is 0.904. The van der Waals surface area contributed by atoms with Crippen LogP contribution in [0.2, 0.25) is 0 Å². The molecule has 5 rings (SSSR count). The topological polar surface area (TPSA) is 34.6 Å². The van der Waals surface area contributed by atoms with Crippen LogP contribution in [0.3, 0.4) is 0 Å². The van der Waals surface area contributed by atoms with E-state index in [9.17, 15) is 0 Å². The molecule has 4 aromatic rings. The van der Waals surface area contributed by atoms with Crippen molar-refractivity contribution in [2.24, 2.45) is 7.05 Å². The number of aromatic nitrogens is 4. The molecule has 1 aliphatic rings. The summed E-state index contributed by atoms with van der Waals surface area (Å²) in [6, 6.07) is 13.1. The van der Waals surface area contributed by atoms with Crippen molar-refractivity contribution in [2.45, 2.75) is 27.2 Å². The first-order valence-electron chi connectivity index (χ1n) is 8.97. The summed E-state index contributed by atoms with van der Waals surface area (Å²) in [5.74, 6) is 1.14. The van der Waals surface area contributed by atoms with E-state index in [1.165, 1.54) is 39.2 Å². The predicted molar refractivity (Wildman–Crippen MR) is 102 cm³/mol. The number of nitrogens with zero attached hydrogens (tertiary/aromatic N) is 4. The molecule has 3 heterocycles. The van der Waals surface area contributed by atoms with Crippen molar-refractivity contribution in [1.29, 1.82) is 0 Å². The van der Waals surface area contributed by atoms with Crippen LogP contribution in [0.5, 0.6) is 0 Å². The maximum Gasteiger partial charge on any atom is 0.286 e. The Morgan fingerprint density at radius 2 is 1.85 bits per heavy atom. The van der Waals surface area contributed by atoms with Crippen LogP contribution < -0.4 is 4.57 Å². The fourth-order valence-corrected chi connectivity index (χ4v) is 4.06. The van der Waals surface area contributed by atoms with E-state index in [2.05, 4.69) is 71.4 Å². The molecule has 0 saturated heterocycles. The van der Waals surface area contributed by atoms with Gasteiger partial charge in [0.05, 0.1) is 23.8 Å². The van der Waals surface area contributed by atoms with Gasteiger partial charge in [0.15, 0.2) is 5.69 Å². The summed E-state index contributed by atoms with van der Waals surface area (Å²) < 4.78 is 4.42. The van der Waals surface area contributed by atoms with Crippen LogP contribution in [0.4, 0.5) is 0 Å². The summed E-state index contributed by atoms with van der Waals surface area (Å²) in [5.41, 5.74) is 10.9. The molecule has 0 aliphatic carbocycles. The van der Waals surface area contributed by atoms with Crippen LogP contribution in [0.1, 0.15) is 28.2 Å². The lowest BCUT2D eigenvalue weighted by Crippen LogP contribution is -2.31. The Labute approximate surface area is 152 Å². The largest absolute Gasteiger partial charge is 0.296 e. The Kier molecular flexibility index (Phi) is 3.08. The second kappa shape index (κ2) is 5.24. The second-order valence-electron chi connectivity index (χ2n) is 7.24. The average molecular weight is 341 g/mol. The smallest absolute Gasteiger partial charge is 0.286 e. The second-order valence-corrected chi connectivity index (χ2v) is 7.24. The van der Waals surface area contributed by atoms with E-state index in [4.69, 9.17) is 4.98 Å². The summed E-state index contributed by atoms with van der Waals surface area (Å²) in [4.78, 5) is 9.39. The first-order valence-corrected chi connectivity index (χ1v) is 8.97. The Morgan fingerprint density at radius 1 is 1.04 bits per heavy atom. The molecule has 0 radical (unpaired) electrons. The van der Waals surface area contributed by atoms with Gasteiger partial charge in [-0.1, -0.05) is 23.2 Å². The summed E-state index contributed by atoms with van der Waals surface area (Å²) in [6.07, 6.45) is 2.79. The quantitative estimate of drug-likeness (QED) is 0.435. The van der Waals surface area contributed by atoms with Crippen molar-refractivity contribution in [3.05, 3.63) is 70.9 Å². The molecule has 26 heavy (non-hydrogen) atoms. The van der Waals surface area contributed by atoms with Gasteiger partial charge in [-0.25, -0.2) is 9.55 Å². The molecule has 0 bridgehead atoms. The van der Waals surface area contributed by atoms with Crippen LogP contribution in [0, 0.1) is 20.8 Å². The number of fused-ring (bicyclic) bond motifs is 5. The Balaban J connectivity index is 1.86. The van der Waals surface area contributed by atoms with E-state index in [1.807, 2.05) is 13.3 Å². The fourth-order valence-electron chi connectivity index (χ4n) is 4.06. The minimum absolute atomic E-state index is 0.904. The molecule has 0 unspecified atom stereocenters. The van der Waals surface area contributed by atoms with E-state index < -0.39 is 0 Å². The molecule has 1 aliphatic heterocycles. The van der Waals surface area contributed by atoms with E-state index in [0.29, 0.717) is 0 Å². The van der Waals surface area contributed by atoms with Gasteiger partial charge in [0.2, 0.25) is 0 Å². The summed E-state index contributed by atoms with van der Waals surface area (Å²) in [6.45, 7) is 6.42. The first kappa shape index (κ1) is 15.3. The van der Waals surface area contributed by atoms with Crippen molar-refractivity contribution in [3.63, 3.8) is 0 Å². The van der Waals surface area contributed by atoms with E-state index in [-0.39, 0.29) is 0 Å². The highest BCUT2D eigenvalue weighted by Crippen LogP contribution is 2.36. The Bertz CT molecular complexity index is 1200. The molecule has 128 valence electrons. The molecule has 0 fully saturated rings. The lowest BCUT2D eigenvalue weighted by Gasteiger charge is -2.12. The van der Waals surface area contributed by atoms with Crippen molar-refractivity contribution >= 4 is 11.0 Å². The van der Waals surface area contributed by atoms with E-state index in [1.54, 1.807) is 0 Å². The normalized spacial score (nSPS) is 12.5. The molecule has 2 aromatic carbocycles. The third-order valence-electron chi connectivity index (χ3n) is 5.60. The third kappa shape index (κ3) is 1.99. The van der Waals surface area contributed by atoms with Gasteiger partial charge in [-0.2, -0.15) is 0 Å².